The van der Waals surface area contributed by atoms with Gasteiger partial charge in [0.1, 0.15) is 0 Å². The van der Waals surface area contributed by atoms with Crippen molar-refractivity contribution in [2.45, 2.75) is 25.7 Å². The molecule has 0 amide bonds. The summed E-state index contributed by atoms with van der Waals surface area (Å²) in [7, 11) is 1.89. The monoisotopic (exact) mass is 213 g/mol. The summed E-state index contributed by atoms with van der Waals surface area (Å²) in [5, 5.41) is 3.06. The van der Waals surface area contributed by atoms with Crippen molar-refractivity contribution in [1.82, 2.24) is 5.32 Å². The first-order valence-corrected chi connectivity index (χ1v) is 5.28. The lowest BCUT2D eigenvalue weighted by molar-refractivity contribution is 0.501. The summed E-state index contributed by atoms with van der Waals surface area (Å²) in [5.74, 6) is -1.23. The molecular weight excluding hydrogens is 196 g/mol. The Morgan fingerprint density at radius 1 is 1.27 bits per heavy atom. The lowest BCUT2D eigenvalue weighted by atomic mass is 9.93. The maximum absolute atomic E-state index is 13.0. The molecule has 0 radical (unpaired) electrons. The summed E-state index contributed by atoms with van der Waals surface area (Å²) in [6, 6.07) is 4.17. The van der Waals surface area contributed by atoms with Crippen LogP contribution in [0.5, 0.6) is 0 Å². The predicted molar refractivity (Wildman–Crippen MR) is 57.9 cm³/mol. The van der Waals surface area contributed by atoms with Crippen LogP contribution in [0, 0.1) is 11.6 Å². The molecule has 1 aromatic carbocycles. The third-order valence-electron chi connectivity index (χ3n) is 2.65. The van der Waals surface area contributed by atoms with E-state index in [1.165, 1.54) is 12.1 Å². The highest BCUT2D eigenvalue weighted by molar-refractivity contribution is 5.21. The average Bonchev–Trinajstić information content (AvgIpc) is 2.24. The largest absolute Gasteiger partial charge is 0.320 e. The number of hydrogen-bond acceptors (Lipinski definition) is 1. The molecule has 0 aromatic heterocycles. The van der Waals surface area contributed by atoms with E-state index in [0.717, 1.165) is 24.9 Å². The van der Waals surface area contributed by atoms with Gasteiger partial charge in [-0.05, 0) is 50.0 Å². The molecule has 0 aliphatic carbocycles. The fraction of sp³-hybridized carbons (Fsp3) is 0.500. The van der Waals surface area contributed by atoms with Gasteiger partial charge in [-0.15, -0.1) is 0 Å². The molecule has 0 heterocycles. The van der Waals surface area contributed by atoms with Crippen LogP contribution in [-0.4, -0.2) is 13.6 Å². The zero-order valence-electron chi connectivity index (χ0n) is 9.19. The van der Waals surface area contributed by atoms with Crippen LogP contribution < -0.4 is 5.32 Å². The Balaban J connectivity index is 2.78. The zero-order valence-corrected chi connectivity index (χ0v) is 9.19. The molecule has 84 valence electrons. The lowest BCUT2D eigenvalue weighted by Crippen LogP contribution is -2.12. The zero-order chi connectivity index (χ0) is 11.3. The Hall–Kier alpha value is -0.960. The molecule has 3 heteroatoms. The number of nitrogens with one attached hydrogen (secondary N) is 1. The van der Waals surface area contributed by atoms with Crippen LogP contribution >= 0.6 is 0 Å². The standard InChI is InChI=1S/C12H17F2N/c1-3-9(6-7-15-2)10-4-5-11(13)12(14)8-10/h4-5,8-9,15H,3,6-7H2,1-2H3. The van der Waals surface area contributed by atoms with E-state index in [-0.39, 0.29) is 0 Å². The van der Waals surface area contributed by atoms with Crippen LogP contribution in [0.15, 0.2) is 18.2 Å². The molecule has 1 rings (SSSR count). The molecule has 0 spiro atoms. The van der Waals surface area contributed by atoms with Crippen LogP contribution in [0.2, 0.25) is 0 Å². The van der Waals surface area contributed by atoms with E-state index < -0.39 is 11.6 Å². The fourth-order valence-electron chi connectivity index (χ4n) is 1.69. The molecule has 0 aliphatic heterocycles. The lowest BCUT2D eigenvalue weighted by Gasteiger charge is -2.15. The van der Waals surface area contributed by atoms with E-state index >= 15 is 0 Å². The van der Waals surface area contributed by atoms with Gasteiger partial charge in [0.15, 0.2) is 11.6 Å². The molecule has 0 fully saturated rings. The normalized spacial score (nSPS) is 12.8. The Labute approximate surface area is 89.5 Å². The number of rotatable bonds is 5. The van der Waals surface area contributed by atoms with Gasteiger partial charge < -0.3 is 5.32 Å². The summed E-state index contributed by atoms with van der Waals surface area (Å²) >= 11 is 0. The Morgan fingerprint density at radius 2 is 2.00 bits per heavy atom. The molecule has 1 unspecified atom stereocenters. The van der Waals surface area contributed by atoms with Crippen LogP contribution in [0.25, 0.3) is 0 Å². The van der Waals surface area contributed by atoms with Crippen molar-refractivity contribution in [1.29, 1.82) is 0 Å². The number of benzene rings is 1. The van der Waals surface area contributed by atoms with E-state index in [1.807, 2.05) is 7.05 Å². The third-order valence-corrected chi connectivity index (χ3v) is 2.65. The molecule has 0 saturated carbocycles. The van der Waals surface area contributed by atoms with Gasteiger partial charge in [0.2, 0.25) is 0 Å². The van der Waals surface area contributed by atoms with Crippen molar-refractivity contribution in [3.8, 4) is 0 Å². The maximum Gasteiger partial charge on any atom is 0.159 e. The van der Waals surface area contributed by atoms with Gasteiger partial charge in [-0.1, -0.05) is 13.0 Å². The van der Waals surface area contributed by atoms with Crippen molar-refractivity contribution >= 4 is 0 Å². The smallest absolute Gasteiger partial charge is 0.159 e. The van der Waals surface area contributed by atoms with E-state index in [0.29, 0.717) is 5.92 Å². The van der Waals surface area contributed by atoms with Gasteiger partial charge in [0, 0.05) is 0 Å². The van der Waals surface area contributed by atoms with Crippen molar-refractivity contribution < 1.29 is 8.78 Å². The SMILES string of the molecule is CCC(CCNC)c1ccc(F)c(F)c1. The number of halogens is 2. The molecule has 0 aliphatic rings. The summed E-state index contributed by atoms with van der Waals surface area (Å²) in [6.07, 6.45) is 1.88. The first-order chi connectivity index (χ1) is 7.19. The highest BCUT2D eigenvalue weighted by Crippen LogP contribution is 2.24. The van der Waals surface area contributed by atoms with Gasteiger partial charge in [-0.2, -0.15) is 0 Å². The molecule has 1 N–H and O–H groups in total. The minimum atomic E-state index is -0.776. The third kappa shape index (κ3) is 3.27. The second-order valence-electron chi connectivity index (χ2n) is 3.67. The van der Waals surface area contributed by atoms with E-state index in [4.69, 9.17) is 0 Å². The second-order valence-corrected chi connectivity index (χ2v) is 3.67. The fourth-order valence-corrected chi connectivity index (χ4v) is 1.69. The molecule has 0 saturated heterocycles. The van der Waals surface area contributed by atoms with Gasteiger partial charge in [0.25, 0.3) is 0 Å². The highest BCUT2D eigenvalue weighted by Gasteiger charge is 2.11. The van der Waals surface area contributed by atoms with Gasteiger partial charge in [-0.3, -0.25) is 0 Å². The molecule has 15 heavy (non-hydrogen) atoms. The minimum Gasteiger partial charge on any atom is -0.320 e. The average molecular weight is 213 g/mol. The quantitative estimate of drug-likeness (QED) is 0.792. The first-order valence-electron chi connectivity index (χ1n) is 5.28. The molecule has 1 nitrogen and oxygen atoms in total. The Bertz CT molecular complexity index is 312. The van der Waals surface area contributed by atoms with Gasteiger partial charge in [0.05, 0.1) is 0 Å². The van der Waals surface area contributed by atoms with Crippen molar-refractivity contribution in [3.05, 3.63) is 35.4 Å². The van der Waals surface area contributed by atoms with Crippen molar-refractivity contribution in [2.75, 3.05) is 13.6 Å². The van der Waals surface area contributed by atoms with Gasteiger partial charge >= 0.3 is 0 Å². The molecule has 1 aromatic rings. The van der Waals surface area contributed by atoms with Crippen LogP contribution in [-0.2, 0) is 0 Å². The summed E-state index contributed by atoms with van der Waals surface area (Å²) in [5.41, 5.74) is 0.881. The highest BCUT2D eigenvalue weighted by atomic mass is 19.2. The molecule has 1 atom stereocenters. The van der Waals surface area contributed by atoms with E-state index in [1.54, 1.807) is 6.07 Å². The van der Waals surface area contributed by atoms with Crippen LogP contribution in [0.1, 0.15) is 31.2 Å². The van der Waals surface area contributed by atoms with Crippen LogP contribution in [0.4, 0.5) is 8.78 Å². The molecular formula is C12H17F2N. The van der Waals surface area contributed by atoms with E-state index in [9.17, 15) is 8.78 Å². The van der Waals surface area contributed by atoms with Crippen molar-refractivity contribution in [3.63, 3.8) is 0 Å². The maximum atomic E-state index is 13.0. The number of hydrogen-bond donors (Lipinski definition) is 1. The van der Waals surface area contributed by atoms with Crippen LogP contribution in [0.3, 0.4) is 0 Å². The molecule has 0 bridgehead atoms. The Morgan fingerprint density at radius 3 is 2.53 bits per heavy atom. The Kier molecular flexibility index (Phi) is 4.69. The first kappa shape index (κ1) is 12.1. The van der Waals surface area contributed by atoms with E-state index in [2.05, 4.69) is 12.2 Å². The topological polar surface area (TPSA) is 12.0 Å². The second kappa shape index (κ2) is 5.81. The summed E-state index contributed by atoms with van der Waals surface area (Å²) < 4.78 is 25.7. The van der Waals surface area contributed by atoms with Crippen molar-refractivity contribution in [2.24, 2.45) is 0 Å². The minimum absolute atomic E-state index is 0.299. The van der Waals surface area contributed by atoms with Gasteiger partial charge in [-0.25, -0.2) is 8.78 Å². The summed E-state index contributed by atoms with van der Waals surface area (Å²) in [6.45, 7) is 2.94. The summed E-state index contributed by atoms with van der Waals surface area (Å²) in [4.78, 5) is 0. The predicted octanol–water partition coefficient (Wildman–Crippen LogP) is 3.07.